The lowest BCUT2D eigenvalue weighted by atomic mass is 9.90. The fourth-order valence-corrected chi connectivity index (χ4v) is 6.36. The minimum absolute atomic E-state index is 0.0203. The number of nitrogens with zero attached hydrogens (tertiary/aromatic N) is 5. The van der Waals surface area contributed by atoms with Crippen molar-refractivity contribution in [3.05, 3.63) is 47.7 Å². The molecule has 1 N–H and O–H groups in total. The molecule has 5 aromatic rings. The number of ether oxygens (including phenoxy) is 4. The topological polar surface area (TPSA) is 104 Å². The molecule has 3 aromatic carbocycles. The monoisotopic (exact) mass is 633 g/mol. The van der Waals surface area contributed by atoms with Crippen LogP contribution in [-0.4, -0.2) is 77.3 Å². The molecule has 2 aliphatic rings. The van der Waals surface area contributed by atoms with Gasteiger partial charge < -0.3 is 29.0 Å². The van der Waals surface area contributed by atoms with E-state index in [9.17, 15) is 5.11 Å². The fraction of sp³-hybridized carbons (Fsp3) is 0.441. The number of hydrogen-bond donors (Lipinski definition) is 1. The predicted octanol–water partition coefficient (Wildman–Crippen LogP) is 5.54. The molecule has 1 aliphatic heterocycles. The predicted molar refractivity (Wildman–Crippen MR) is 170 cm³/mol. The van der Waals surface area contributed by atoms with E-state index in [0.29, 0.717) is 81.9 Å². The number of methoxy groups -OCH3 is 1. The van der Waals surface area contributed by atoms with Crippen molar-refractivity contribution >= 4 is 38.4 Å². The van der Waals surface area contributed by atoms with Crippen molar-refractivity contribution in [2.45, 2.75) is 38.7 Å². The Kier molecular flexibility index (Phi) is 7.90. The maximum Gasteiger partial charge on any atom is 0.319 e. The van der Waals surface area contributed by atoms with Crippen molar-refractivity contribution in [1.29, 1.82) is 0 Å². The minimum atomic E-state index is -1.17. The smallest absolute Gasteiger partial charge is 0.319 e. The van der Waals surface area contributed by atoms with E-state index in [-0.39, 0.29) is 42.9 Å². The summed E-state index contributed by atoms with van der Waals surface area (Å²) in [7, 11) is 3.28. The van der Waals surface area contributed by atoms with Crippen LogP contribution < -0.4 is 14.4 Å². The second-order valence-corrected chi connectivity index (χ2v) is 12.5. The highest BCUT2D eigenvalue weighted by Crippen LogP contribution is 2.45. The average molecular weight is 634 g/mol. The first-order valence-electron chi connectivity index (χ1n) is 15.6. The molecule has 2 fully saturated rings. The number of benzene rings is 3. The van der Waals surface area contributed by atoms with Crippen LogP contribution in [0.4, 0.5) is 14.6 Å². The maximum atomic E-state index is 17.5. The number of hydrogen-bond acceptors (Lipinski definition) is 9. The Labute approximate surface area is 264 Å². The molecule has 12 heteroatoms. The SMILES string of the molecule is CCc1c(F)ccc2cc(OCOC)cc(-c3c(F)c4nc(OCC5CC5)nc(N5CCOCC(C)(O)C5)c4c4cn(C)nc34)c12. The Morgan fingerprint density at radius 2 is 1.93 bits per heavy atom. The minimum Gasteiger partial charge on any atom is -0.468 e. The van der Waals surface area contributed by atoms with E-state index in [4.69, 9.17) is 29.0 Å². The third-order valence-electron chi connectivity index (χ3n) is 8.63. The van der Waals surface area contributed by atoms with Gasteiger partial charge in [0.2, 0.25) is 0 Å². The number of halogens is 2. The van der Waals surface area contributed by atoms with E-state index in [0.717, 1.165) is 12.8 Å². The van der Waals surface area contributed by atoms with Gasteiger partial charge in [-0.3, -0.25) is 4.68 Å². The number of aryl methyl sites for hydroxylation is 2. The number of aromatic nitrogens is 4. The van der Waals surface area contributed by atoms with E-state index >= 15 is 8.78 Å². The number of fused-ring (bicyclic) bond motifs is 4. The summed E-state index contributed by atoms with van der Waals surface area (Å²) in [5.74, 6) is 0.254. The van der Waals surface area contributed by atoms with Gasteiger partial charge in [0, 0.05) is 37.8 Å². The van der Waals surface area contributed by atoms with Gasteiger partial charge in [0.15, 0.2) is 12.6 Å². The number of rotatable bonds is 9. The molecule has 1 atom stereocenters. The van der Waals surface area contributed by atoms with Gasteiger partial charge >= 0.3 is 6.01 Å². The Morgan fingerprint density at radius 3 is 2.70 bits per heavy atom. The van der Waals surface area contributed by atoms with Crippen LogP contribution in [0, 0.1) is 17.6 Å². The molecule has 0 radical (unpaired) electrons. The summed E-state index contributed by atoms with van der Waals surface area (Å²) in [5, 5.41) is 18.1. The quantitative estimate of drug-likeness (QED) is 0.210. The van der Waals surface area contributed by atoms with Crippen molar-refractivity contribution in [1.82, 2.24) is 19.7 Å². The standard InChI is InChI=1S/C34H37F2N5O5/c1-5-22-25(35)9-8-20-12-21(46-18-43-4)13-23(26(20)22)27-29(36)31-28(24-14-40(3)39-30(24)27)32(38-33(37-31)45-15-19-6-7-19)41-10-11-44-17-34(2,42)16-41/h8-9,12-14,19,42H,5-7,10-11,15-18H2,1-4H3. The first-order chi connectivity index (χ1) is 22.2. The molecule has 1 saturated heterocycles. The first kappa shape index (κ1) is 30.5. The normalized spacial score (nSPS) is 18.9. The lowest BCUT2D eigenvalue weighted by molar-refractivity contribution is -0.0123. The molecule has 242 valence electrons. The number of anilines is 1. The van der Waals surface area contributed by atoms with Gasteiger partial charge in [0.25, 0.3) is 0 Å². The van der Waals surface area contributed by atoms with Crippen LogP contribution in [0.1, 0.15) is 32.3 Å². The molecule has 2 aromatic heterocycles. The van der Waals surface area contributed by atoms with Gasteiger partial charge in [-0.2, -0.15) is 15.1 Å². The van der Waals surface area contributed by atoms with E-state index in [1.54, 1.807) is 43.0 Å². The lowest BCUT2D eigenvalue weighted by Gasteiger charge is -2.29. The van der Waals surface area contributed by atoms with Crippen molar-refractivity contribution in [3.8, 4) is 22.9 Å². The first-order valence-corrected chi connectivity index (χ1v) is 15.6. The molecule has 1 aliphatic carbocycles. The van der Waals surface area contributed by atoms with Crippen LogP contribution in [0.5, 0.6) is 11.8 Å². The molecule has 7 rings (SSSR count). The molecule has 0 spiro atoms. The van der Waals surface area contributed by atoms with Gasteiger partial charge in [0.1, 0.15) is 34.0 Å². The van der Waals surface area contributed by atoms with Gasteiger partial charge in [-0.25, -0.2) is 8.78 Å². The van der Waals surface area contributed by atoms with Gasteiger partial charge in [-0.15, -0.1) is 0 Å². The highest BCUT2D eigenvalue weighted by molar-refractivity contribution is 6.18. The third kappa shape index (κ3) is 5.58. The molecule has 3 heterocycles. The zero-order valence-corrected chi connectivity index (χ0v) is 26.4. The van der Waals surface area contributed by atoms with Crippen LogP contribution in [0.2, 0.25) is 0 Å². The van der Waals surface area contributed by atoms with E-state index < -0.39 is 11.4 Å². The second kappa shape index (κ2) is 11.9. The summed E-state index contributed by atoms with van der Waals surface area (Å²) >= 11 is 0. The van der Waals surface area contributed by atoms with Crippen LogP contribution in [0.25, 0.3) is 43.7 Å². The van der Waals surface area contributed by atoms with E-state index in [2.05, 4.69) is 4.98 Å². The molecular formula is C34H37F2N5O5. The summed E-state index contributed by atoms with van der Waals surface area (Å²) in [6, 6.07) is 6.63. The van der Waals surface area contributed by atoms with Crippen molar-refractivity contribution in [3.63, 3.8) is 0 Å². The zero-order valence-electron chi connectivity index (χ0n) is 26.4. The Morgan fingerprint density at radius 1 is 1.11 bits per heavy atom. The summed E-state index contributed by atoms with van der Waals surface area (Å²) < 4.78 is 57.1. The van der Waals surface area contributed by atoms with Crippen molar-refractivity contribution in [2.75, 3.05) is 51.7 Å². The molecule has 10 nitrogen and oxygen atoms in total. The summed E-state index contributed by atoms with van der Waals surface area (Å²) in [4.78, 5) is 11.4. The molecule has 1 unspecified atom stereocenters. The van der Waals surface area contributed by atoms with Crippen LogP contribution in [-0.2, 0) is 22.9 Å². The number of β-amino-alcohol motifs (C(OH)–C–C–N with tert-alkyl or cyclic N) is 1. The van der Waals surface area contributed by atoms with Crippen LogP contribution in [0.15, 0.2) is 30.5 Å². The van der Waals surface area contributed by atoms with Crippen molar-refractivity contribution < 1.29 is 32.8 Å². The summed E-state index contributed by atoms with van der Waals surface area (Å²) in [5.41, 5.74) is 0.283. The van der Waals surface area contributed by atoms with Crippen LogP contribution in [0.3, 0.4) is 0 Å². The van der Waals surface area contributed by atoms with Crippen LogP contribution >= 0.6 is 0 Å². The summed E-state index contributed by atoms with van der Waals surface area (Å²) in [6.07, 6.45) is 4.32. The molecule has 0 amide bonds. The maximum absolute atomic E-state index is 17.5. The molecule has 46 heavy (non-hydrogen) atoms. The second-order valence-electron chi connectivity index (χ2n) is 12.5. The van der Waals surface area contributed by atoms with Gasteiger partial charge in [0.05, 0.1) is 31.8 Å². The summed E-state index contributed by atoms with van der Waals surface area (Å²) in [6.45, 7) is 5.10. The average Bonchev–Trinajstić information content (AvgIpc) is 3.81. The third-order valence-corrected chi connectivity index (χ3v) is 8.63. The largest absolute Gasteiger partial charge is 0.468 e. The Balaban J connectivity index is 1.56. The van der Waals surface area contributed by atoms with Gasteiger partial charge in [-0.1, -0.05) is 13.0 Å². The fourth-order valence-electron chi connectivity index (χ4n) is 6.36. The Hall–Kier alpha value is -4.13. The lowest BCUT2D eigenvalue weighted by Crippen LogP contribution is -2.42. The van der Waals surface area contributed by atoms with E-state index in [1.807, 2.05) is 11.8 Å². The number of aliphatic hydroxyl groups is 1. The zero-order chi connectivity index (χ0) is 32.2. The highest BCUT2D eigenvalue weighted by atomic mass is 19.1. The molecular weight excluding hydrogens is 596 g/mol. The molecule has 0 bridgehead atoms. The molecule has 1 saturated carbocycles. The van der Waals surface area contributed by atoms with E-state index in [1.165, 1.54) is 13.2 Å². The van der Waals surface area contributed by atoms with Gasteiger partial charge in [-0.05, 0) is 72.2 Å². The highest BCUT2D eigenvalue weighted by Gasteiger charge is 2.33. The Bertz CT molecular complexity index is 1960. The van der Waals surface area contributed by atoms with Crippen molar-refractivity contribution in [2.24, 2.45) is 13.0 Å².